The Bertz CT molecular complexity index is 662. The number of hydrogen-bond acceptors (Lipinski definition) is 3. The Morgan fingerprint density at radius 2 is 1.76 bits per heavy atom. The maximum atomic E-state index is 4.03. The Labute approximate surface area is 129 Å². The summed E-state index contributed by atoms with van der Waals surface area (Å²) in [5.41, 5.74) is 3.93. The molecule has 0 aliphatic rings. The van der Waals surface area contributed by atoms with E-state index in [-0.39, 0.29) is 0 Å². The summed E-state index contributed by atoms with van der Waals surface area (Å²) in [5, 5.41) is 5.74. The van der Waals surface area contributed by atoms with Gasteiger partial charge in [0.1, 0.15) is 0 Å². The Hall–Kier alpha value is -1.97. The number of pyridine rings is 1. The van der Waals surface area contributed by atoms with E-state index in [9.17, 15) is 0 Å². The van der Waals surface area contributed by atoms with Crippen LogP contribution in [0.1, 0.15) is 10.4 Å². The van der Waals surface area contributed by atoms with Crippen molar-refractivity contribution in [1.82, 2.24) is 10.3 Å². The summed E-state index contributed by atoms with van der Waals surface area (Å²) < 4.78 is 0. The highest BCUT2D eigenvalue weighted by molar-refractivity contribution is 7.10. The van der Waals surface area contributed by atoms with Gasteiger partial charge in [-0.15, -0.1) is 11.3 Å². The van der Waals surface area contributed by atoms with Gasteiger partial charge in [-0.2, -0.15) is 0 Å². The molecule has 0 spiro atoms. The summed E-state index contributed by atoms with van der Waals surface area (Å²) in [6, 6.07) is 16.9. The largest absolute Gasteiger partial charge is 0.312 e. The van der Waals surface area contributed by atoms with Gasteiger partial charge in [-0.25, -0.2) is 0 Å². The van der Waals surface area contributed by atoms with Gasteiger partial charge in [-0.1, -0.05) is 30.3 Å². The third-order valence-corrected chi connectivity index (χ3v) is 4.34. The van der Waals surface area contributed by atoms with Crippen LogP contribution in [-0.2, 0) is 13.0 Å². The molecule has 0 atom stereocenters. The molecule has 2 aromatic heterocycles. The van der Waals surface area contributed by atoms with Crippen LogP contribution in [0.3, 0.4) is 0 Å². The molecule has 3 aromatic rings. The minimum Gasteiger partial charge on any atom is -0.312 e. The third-order valence-electron chi connectivity index (χ3n) is 3.40. The quantitative estimate of drug-likeness (QED) is 0.691. The summed E-state index contributed by atoms with van der Waals surface area (Å²) in [7, 11) is 0. The molecule has 0 fully saturated rings. The number of hydrogen-bond donors (Lipinski definition) is 1. The van der Waals surface area contributed by atoms with Gasteiger partial charge in [0.25, 0.3) is 0 Å². The fraction of sp³-hybridized carbons (Fsp3) is 0.167. The van der Waals surface area contributed by atoms with E-state index < -0.39 is 0 Å². The second kappa shape index (κ2) is 7.16. The van der Waals surface area contributed by atoms with Gasteiger partial charge >= 0.3 is 0 Å². The molecule has 3 rings (SSSR count). The van der Waals surface area contributed by atoms with Crippen LogP contribution in [0.4, 0.5) is 0 Å². The van der Waals surface area contributed by atoms with Crippen molar-refractivity contribution in [3.8, 4) is 11.1 Å². The van der Waals surface area contributed by atoms with Gasteiger partial charge < -0.3 is 5.32 Å². The van der Waals surface area contributed by atoms with Gasteiger partial charge in [0.15, 0.2) is 0 Å². The lowest BCUT2D eigenvalue weighted by Gasteiger charge is -2.03. The zero-order chi connectivity index (χ0) is 14.3. The van der Waals surface area contributed by atoms with Gasteiger partial charge in [0.2, 0.25) is 0 Å². The SMILES string of the molecule is c1ccc(-c2csc(CNCCc3ccncc3)c2)cc1. The highest BCUT2D eigenvalue weighted by Crippen LogP contribution is 2.25. The molecule has 1 N–H and O–H groups in total. The number of nitrogens with one attached hydrogen (secondary N) is 1. The van der Waals surface area contributed by atoms with Gasteiger partial charge in [-0.05, 0) is 53.2 Å². The van der Waals surface area contributed by atoms with E-state index in [0.29, 0.717) is 0 Å². The fourth-order valence-corrected chi connectivity index (χ4v) is 3.11. The van der Waals surface area contributed by atoms with Crippen molar-refractivity contribution in [2.24, 2.45) is 0 Å². The van der Waals surface area contributed by atoms with E-state index >= 15 is 0 Å². The summed E-state index contributed by atoms with van der Waals surface area (Å²) in [5.74, 6) is 0. The lowest BCUT2D eigenvalue weighted by molar-refractivity contribution is 0.693. The average Bonchev–Trinajstić information content (AvgIpc) is 3.02. The first-order chi connectivity index (χ1) is 10.4. The summed E-state index contributed by atoms with van der Waals surface area (Å²) in [6.45, 7) is 1.92. The molecule has 21 heavy (non-hydrogen) atoms. The summed E-state index contributed by atoms with van der Waals surface area (Å²) in [6.07, 6.45) is 4.74. The average molecular weight is 294 g/mol. The Kier molecular flexibility index (Phi) is 4.77. The molecule has 0 aliphatic carbocycles. The maximum absolute atomic E-state index is 4.03. The predicted molar refractivity (Wildman–Crippen MR) is 89.4 cm³/mol. The molecular formula is C18H18N2S. The Balaban J connectivity index is 1.49. The molecule has 0 amide bonds. The smallest absolute Gasteiger partial charge is 0.0300 e. The molecule has 0 bridgehead atoms. The second-order valence-corrected chi connectivity index (χ2v) is 5.95. The van der Waals surface area contributed by atoms with Crippen LogP contribution in [0, 0.1) is 0 Å². The van der Waals surface area contributed by atoms with Gasteiger partial charge in [0, 0.05) is 23.8 Å². The van der Waals surface area contributed by atoms with Crippen LogP contribution in [-0.4, -0.2) is 11.5 Å². The van der Waals surface area contributed by atoms with Crippen molar-refractivity contribution < 1.29 is 0 Å². The minimum absolute atomic E-state index is 0.933. The third kappa shape index (κ3) is 4.00. The molecule has 106 valence electrons. The molecule has 2 heterocycles. The molecule has 0 aliphatic heterocycles. The highest BCUT2D eigenvalue weighted by Gasteiger charge is 2.01. The molecular weight excluding hydrogens is 276 g/mol. The number of nitrogens with zero attached hydrogens (tertiary/aromatic N) is 1. The molecule has 0 radical (unpaired) electrons. The molecule has 0 unspecified atom stereocenters. The van der Waals surface area contributed by atoms with Crippen molar-refractivity contribution in [1.29, 1.82) is 0 Å². The van der Waals surface area contributed by atoms with Crippen molar-refractivity contribution >= 4 is 11.3 Å². The number of aromatic nitrogens is 1. The van der Waals surface area contributed by atoms with Crippen molar-refractivity contribution in [2.45, 2.75) is 13.0 Å². The van der Waals surface area contributed by atoms with Crippen molar-refractivity contribution in [2.75, 3.05) is 6.54 Å². The van der Waals surface area contributed by atoms with Gasteiger partial charge in [-0.3, -0.25) is 4.98 Å². The molecule has 0 saturated heterocycles. The molecule has 3 heteroatoms. The first-order valence-electron chi connectivity index (χ1n) is 7.14. The summed E-state index contributed by atoms with van der Waals surface area (Å²) in [4.78, 5) is 5.41. The van der Waals surface area contributed by atoms with Crippen LogP contribution >= 0.6 is 11.3 Å². The zero-order valence-electron chi connectivity index (χ0n) is 11.8. The molecule has 0 saturated carbocycles. The number of rotatable bonds is 6. The zero-order valence-corrected chi connectivity index (χ0v) is 12.6. The normalized spacial score (nSPS) is 10.7. The van der Waals surface area contributed by atoms with E-state index in [4.69, 9.17) is 0 Å². The van der Waals surface area contributed by atoms with Crippen LogP contribution in [0.2, 0.25) is 0 Å². The van der Waals surface area contributed by atoms with E-state index in [1.54, 1.807) is 0 Å². The highest BCUT2D eigenvalue weighted by atomic mass is 32.1. The summed E-state index contributed by atoms with van der Waals surface area (Å²) >= 11 is 1.82. The van der Waals surface area contributed by atoms with E-state index in [2.05, 4.69) is 64.2 Å². The van der Waals surface area contributed by atoms with Gasteiger partial charge in [0.05, 0.1) is 0 Å². The lowest BCUT2D eigenvalue weighted by Crippen LogP contribution is -2.15. The number of benzene rings is 1. The fourth-order valence-electron chi connectivity index (χ4n) is 2.25. The first kappa shape index (κ1) is 14.0. The molecule has 1 aromatic carbocycles. The van der Waals surface area contributed by atoms with E-state index in [1.807, 2.05) is 23.7 Å². The topological polar surface area (TPSA) is 24.9 Å². The monoisotopic (exact) mass is 294 g/mol. The Morgan fingerprint density at radius 1 is 0.952 bits per heavy atom. The van der Waals surface area contributed by atoms with Crippen LogP contribution in [0.25, 0.3) is 11.1 Å². The van der Waals surface area contributed by atoms with E-state index in [0.717, 1.165) is 19.5 Å². The molecule has 2 nitrogen and oxygen atoms in total. The van der Waals surface area contributed by atoms with Crippen LogP contribution in [0.5, 0.6) is 0 Å². The van der Waals surface area contributed by atoms with E-state index in [1.165, 1.54) is 21.6 Å². The predicted octanol–water partition coefficient (Wildman–Crippen LogP) is 4.14. The first-order valence-corrected chi connectivity index (χ1v) is 8.02. The van der Waals surface area contributed by atoms with Crippen LogP contribution < -0.4 is 5.32 Å². The van der Waals surface area contributed by atoms with Crippen molar-refractivity contribution in [3.63, 3.8) is 0 Å². The number of thiophene rings is 1. The van der Waals surface area contributed by atoms with Crippen LogP contribution in [0.15, 0.2) is 66.3 Å². The van der Waals surface area contributed by atoms with Crippen molar-refractivity contribution in [3.05, 3.63) is 76.7 Å². The standard InChI is InChI=1S/C18H18N2S/c1-2-4-16(5-3-1)17-12-18(21-14-17)13-20-11-8-15-6-9-19-10-7-15/h1-7,9-10,12,14,20H,8,11,13H2. The minimum atomic E-state index is 0.933. The lowest BCUT2D eigenvalue weighted by atomic mass is 10.1. The Morgan fingerprint density at radius 3 is 2.57 bits per heavy atom. The second-order valence-electron chi connectivity index (χ2n) is 4.95. The maximum Gasteiger partial charge on any atom is 0.0300 e.